The van der Waals surface area contributed by atoms with Crippen molar-refractivity contribution in [3.8, 4) is 0 Å². The number of amides is 4. The SMILES string of the molecule is CC(=O)NC[C@H]1CN(c2ccc(N3CCC(=O)[C@@H](O)C3)c(F)c2)C(=O)O1.CC(=O)NC[C@H]1CN(c2ccc(N3CC[C@@H](O)[C@@H](O)C3)c(F)c2)C(=O)O1. The molecule has 4 aliphatic heterocycles. The van der Waals surface area contributed by atoms with E-state index in [1.54, 1.807) is 28.0 Å². The van der Waals surface area contributed by atoms with Crippen molar-refractivity contribution in [3.63, 3.8) is 0 Å². The number of nitrogens with zero attached hydrogens (tertiary/aromatic N) is 4. The number of aliphatic hydroxyl groups excluding tert-OH is 3. The first-order valence-corrected chi connectivity index (χ1v) is 16.8. The fourth-order valence-electron chi connectivity index (χ4n) is 6.20. The number of aliphatic hydroxyl groups is 3. The van der Waals surface area contributed by atoms with E-state index in [1.807, 2.05) is 0 Å². The van der Waals surface area contributed by atoms with Crippen LogP contribution in [0, 0.1) is 11.6 Å². The van der Waals surface area contributed by atoms with E-state index in [1.165, 1.54) is 41.8 Å². The standard InChI is InChI=1S/C17H22FN3O5.C17H20FN3O5/c2*1-10(22)19-7-12-8-21(17(25)26-12)11-2-3-14(13(18)6-11)20-5-4-15(23)16(24)9-20/h2-3,6,12,15-16,23-24H,4-5,7-9H2,1H3,(H,19,22);2-3,6,12,16,24H,4-5,7-9H2,1H3,(H,19,22)/t12-,15+,16-;12-,16-/m00/s1. The molecule has 0 radical (unpaired) electrons. The second-order valence-electron chi connectivity index (χ2n) is 12.9. The van der Waals surface area contributed by atoms with Gasteiger partial charge in [-0.3, -0.25) is 24.2 Å². The van der Waals surface area contributed by atoms with Crippen LogP contribution in [0.5, 0.6) is 0 Å². The maximum Gasteiger partial charge on any atom is 0.414 e. The van der Waals surface area contributed by atoms with Crippen molar-refractivity contribution >= 4 is 52.5 Å². The number of cyclic esters (lactones) is 2. The van der Waals surface area contributed by atoms with Gasteiger partial charge in [0.05, 0.1) is 67.7 Å². The summed E-state index contributed by atoms with van der Waals surface area (Å²) in [5, 5.41) is 34.2. The van der Waals surface area contributed by atoms with Gasteiger partial charge < -0.3 is 45.2 Å². The Hall–Kier alpha value is -5.07. The van der Waals surface area contributed by atoms with Crippen LogP contribution in [-0.4, -0.2) is 128 Å². The predicted molar refractivity (Wildman–Crippen MR) is 182 cm³/mol. The van der Waals surface area contributed by atoms with Gasteiger partial charge in [0.25, 0.3) is 0 Å². The van der Waals surface area contributed by atoms with Crippen molar-refractivity contribution in [2.24, 2.45) is 0 Å². The highest BCUT2D eigenvalue weighted by molar-refractivity contribution is 5.91. The molecule has 0 spiro atoms. The first kappa shape index (κ1) is 38.2. The molecule has 6 rings (SSSR count). The lowest BCUT2D eigenvalue weighted by Gasteiger charge is -2.35. The Balaban J connectivity index is 0.000000201. The summed E-state index contributed by atoms with van der Waals surface area (Å²) < 4.78 is 39.4. The Morgan fingerprint density at radius 3 is 1.63 bits per heavy atom. The maximum absolute atomic E-state index is 14.6. The summed E-state index contributed by atoms with van der Waals surface area (Å²) in [5.74, 6) is -1.77. The molecule has 5 N–H and O–H groups in total. The third-order valence-electron chi connectivity index (χ3n) is 9.01. The second kappa shape index (κ2) is 16.5. The summed E-state index contributed by atoms with van der Waals surface area (Å²) >= 11 is 0. The molecular weight excluding hydrogens is 690 g/mol. The number of ketones is 1. The number of halogens is 2. The molecule has 0 aliphatic carbocycles. The first-order chi connectivity index (χ1) is 24.7. The minimum atomic E-state index is -1.12. The Bertz CT molecular complexity index is 1680. The Labute approximate surface area is 297 Å². The molecule has 4 saturated heterocycles. The summed E-state index contributed by atoms with van der Waals surface area (Å²) in [6, 6.07) is 8.72. The Morgan fingerprint density at radius 2 is 1.21 bits per heavy atom. The number of carbonyl (C=O) groups excluding carboxylic acids is 5. The van der Waals surface area contributed by atoms with E-state index in [9.17, 15) is 48.1 Å². The molecule has 4 heterocycles. The predicted octanol–water partition coefficient (Wildman–Crippen LogP) is 0.646. The zero-order valence-corrected chi connectivity index (χ0v) is 28.7. The molecule has 52 heavy (non-hydrogen) atoms. The Morgan fingerprint density at radius 1 is 0.731 bits per heavy atom. The lowest BCUT2D eigenvalue weighted by molar-refractivity contribution is -0.127. The number of hydrogen-bond acceptors (Lipinski definition) is 12. The van der Waals surface area contributed by atoms with Gasteiger partial charge in [-0.25, -0.2) is 18.4 Å². The van der Waals surface area contributed by atoms with Gasteiger partial charge in [-0.2, -0.15) is 0 Å². The van der Waals surface area contributed by atoms with Gasteiger partial charge in [-0.1, -0.05) is 0 Å². The summed E-state index contributed by atoms with van der Waals surface area (Å²) in [7, 11) is 0. The normalized spacial score (nSPS) is 24.6. The van der Waals surface area contributed by atoms with Crippen molar-refractivity contribution < 1.29 is 57.5 Å². The zero-order chi connectivity index (χ0) is 37.7. The summed E-state index contributed by atoms with van der Waals surface area (Å²) in [6.45, 7) is 4.50. The number of Topliss-reactive ketones (excluding diaryl/α,β-unsaturated/α-hetero) is 1. The van der Waals surface area contributed by atoms with Crippen LogP contribution in [-0.2, 0) is 23.9 Å². The number of piperidine rings is 2. The van der Waals surface area contributed by atoms with Crippen LogP contribution < -0.4 is 30.2 Å². The number of nitrogens with one attached hydrogen (secondary N) is 2. The van der Waals surface area contributed by atoms with Crippen LogP contribution in [0.1, 0.15) is 26.7 Å². The van der Waals surface area contributed by atoms with Crippen LogP contribution in [0.15, 0.2) is 36.4 Å². The molecule has 4 amide bonds. The minimum absolute atomic E-state index is 0.0413. The fraction of sp³-hybridized carbons (Fsp3) is 0.500. The van der Waals surface area contributed by atoms with Gasteiger partial charge in [-0.05, 0) is 42.8 Å². The van der Waals surface area contributed by atoms with Crippen LogP contribution in [0.4, 0.5) is 41.1 Å². The van der Waals surface area contributed by atoms with E-state index >= 15 is 0 Å². The highest BCUT2D eigenvalue weighted by Gasteiger charge is 2.35. The highest BCUT2D eigenvalue weighted by Crippen LogP contribution is 2.31. The second-order valence-corrected chi connectivity index (χ2v) is 12.9. The van der Waals surface area contributed by atoms with E-state index in [-0.39, 0.29) is 69.0 Å². The molecule has 16 nitrogen and oxygen atoms in total. The van der Waals surface area contributed by atoms with Crippen LogP contribution in [0.3, 0.4) is 0 Å². The van der Waals surface area contributed by atoms with E-state index < -0.39 is 54.3 Å². The molecule has 2 aromatic carbocycles. The molecule has 0 aromatic heterocycles. The Kier molecular flexibility index (Phi) is 12.1. The monoisotopic (exact) mass is 732 g/mol. The van der Waals surface area contributed by atoms with Crippen LogP contribution >= 0.6 is 0 Å². The van der Waals surface area contributed by atoms with E-state index in [2.05, 4.69) is 10.6 Å². The number of benzene rings is 2. The largest absolute Gasteiger partial charge is 0.442 e. The van der Waals surface area contributed by atoms with E-state index in [4.69, 9.17) is 9.47 Å². The molecule has 2 aromatic rings. The van der Waals surface area contributed by atoms with Gasteiger partial charge >= 0.3 is 12.2 Å². The minimum Gasteiger partial charge on any atom is -0.442 e. The van der Waals surface area contributed by atoms with Crippen molar-refractivity contribution in [1.82, 2.24) is 10.6 Å². The molecule has 4 aliphatic rings. The quantitative estimate of drug-likeness (QED) is 0.254. The third-order valence-corrected chi connectivity index (χ3v) is 9.01. The summed E-state index contributed by atoms with van der Waals surface area (Å²) in [4.78, 5) is 63.2. The maximum atomic E-state index is 14.6. The van der Waals surface area contributed by atoms with Crippen LogP contribution in [0.2, 0.25) is 0 Å². The molecule has 282 valence electrons. The summed E-state index contributed by atoms with van der Waals surface area (Å²) in [6.07, 6.45) is -4.52. The number of carbonyl (C=O) groups is 5. The molecular formula is C34H42F2N6O10. The van der Waals surface area contributed by atoms with Gasteiger partial charge in [0.15, 0.2) is 5.78 Å². The topological polar surface area (TPSA) is 202 Å². The first-order valence-electron chi connectivity index (χ1n) is 16.8. The average Bonchev–Trinajstić information content (AvgIpc) is 3.67. The molecule has 0 unspecified atom stereocenters. The average molecular weight is 733 g/mol. The van der Waals surface area contributed by atoms with Gasteiger partial charge in [0.2, 0.25) is 11.8 Å². The molecule has 0 saturated carbocycles. The van der Waals surface area contributed by atoms with E-state index in [0.29, 0.717) is 36.6 Å². The van der Waals surface area contributed by atoms with Crippen molar-refractivity contribution in [2.75, 3.05) is 72.0 Å². The fourth-order valence-corrected chi connectivity index (χ4v) is 6.20. The molecule has 5 atom stereocenters. The van der Waals surface area contributed by atoms with Gasteiger partial charge in [-0.15, -0.1) is 0 Å². The van der Waals surface area contributed by atoms with Gasteiger partial charge in [0, 0.05) is 39.9 Å². The highest BCUT2D eigenvalue weighted by atomic mass is 19.1. The summed E-state index contributed by atoms with van der Waals surface area (Å²) in [5.41, 5.74) is 1.28. The van der Waals surface area contributed by atoms with E-state index in [0.717, 1.165) is 0 Å². The molecule has 18 heteroatoms. The number of anilines is 4. The number of β-amino-alcohol motifs (C(OH)–C–C–N with tert-alkyl or cyclic N) is 2. The lowest BCUT2D eigenvalue weighted by Crippen LogP contribution is -2.47. The third kappa shape index (κ3) is 9.23. The van der Waals surface area contributed by atoms with Crippen molar-refractivity contribution in [3.05, 3.63) is 48.0 Å². The van der Waals surface area contributed by atoms with Crippen molar-refractivity contribution in [1.29, 1.82) is 0 Å². The number of ether oxygens (including phenoxy) is 2. The number of rotatable bonds is 8. The molecule has 4 fully saturated rings. The van der Waals surface area contributed by atoms with Crippen LogP contribution in [0.25, 0.3) is 0 Å². The van der Waals surface area contributed by atoms with Crippen molar-refractivity contribution in [2.45, 2.75) is 57.2 Å². The lowest BCUT2D eigenvalue weighted by atomic mass is 10.0. The zero-order valence-electron chi connectivity index (χ0n) is 28.7. The molecule has 0 bridgehead atoms. The smallest absolute Gasteiger partial charge is 0.414 e. The van der Waals surface area contributed by atoms with Gasteiger partial charge in [0.1, 0.15) is 29.9 Å². The number of hydrogen-bond donors (Lipinski definition) is 5.